The maximum atomic E-state index is 11.8. The standard InChI is InChI=1S/C14H16N2O2S/c17-10-11(8-12-4-1-2-6-15-12)9-16-14(18)13-5-3-7-19-13/h1-7,11,17H,8-10H2,(H,16,18). The summed E-state index contributed by atoms with van der Waals surface area (Å²) in [5, 5.41) is 14.1. The van der Waals surface area contributed by atoms with Gasteiger partial charge in [0, 0.05) is 31.0 Å². The zero-order chi connectivity index (χ0) is 13.5. The lowest BCUT2D eigenvalue weighted by Gasteiger charge is -2.14. The Labute approximate surface area is 116 Å². The molecule has 0 saturated carbocycles. The summed E-state index contributed by atoms with van der Waals surface area (Å²) >= 11 is 1.41. The Bertz CT molecular complexity index is 499. The first-order valence-electron chi connectivity index (χ1n) is 6.12. The van der Waals surface area contributed by atoms with Gasteiger partial charge < -0.3 is 10.4 Å². The van der Waals surface area contributed by atoms with Crippen LogP contribution in [0.4, 0.5) is 0 Å². The number of nitrogens with zero attached hydrogens (tertiary/aromatic N) is 1. The molecule has 0 aliphatic rings. The van der Waals surface area contributed by atoms with Crippen molar-refractivity contribution in [1.29, 1.82) is 0 Å². The summed E-state index contributed by atoms with van der Waals surface area (Å²) in [5.74, 6) is -0.103. The second-order valence-corrected chi connectivity index (χ2v) is 5.21. The molecule has 0 aliphatic carbocycles. The second-order valence-electron chi connectivity index (χ2n) is 4.26. The number of carbonyl (C=O) groups excluding carboxylic acids is 1. The summed E-state index contributed by atoms with van der Waals surface area (Å²) in [4.78, 5) is 16.7. The van der Waals surface area contributed by atoms with Crippen molar-refractivity contribution in [3.8, 4) is 0 Å². The smallest absolute Gasteiger partial charge is 0.261 e. The summed E-state index contributed by atoms with van der Waals surface area (Å²) in [6.45, 7) is 0.477. The van der Waals surface area contributed by atoms with Gasteiger partial charge in [-0.05, 0) is 30.0 Å². The van der Waals surface area contributed by atoms with Crippen LogP contribution in [0.25, 0.3) is 0 Å². The minimum atomic E-state index is -0.0885. The minimum Gasteiger partial charge on any atom is -0.396 e. The van der Waals surface area contributed by atoms with Crippen molar-refractivity contribution in [3.05, 3.63) is 52.5 Å². The molecule has 0 bridgehead atoms. The van der Waals surface area contributed by atoms with Gasteiger partial charge in [0.05, 0.1) is 4.88 Å². The summed E-state index contributed by atoms with van der Waals surface area (Å²) < 4.78 is 0. The van der Waals surface area contributed by atoms with Crippen molar-refractivity contribution in [1.82, 2.24) is 10.3 Å². The quantitative estimate of drug-likeness (QED) is 0.844. The zero-order valence-electron chi connectivity index (χ0n) is 10.5. The fraction of sp³-hybridized carbons (Fsp3) is 0.286. The number of hydrogen-bond acceptors (Lipinski definition) is 4. The average Bonchev–Trinajstić information content (AvgIpc) is 2.98. The predicted molar refractivity (Wildman–Crippen MR) is 75.2 cm³/mol. The van der Waals surface area contributed by atoms with Crippen LogP contribution in [0.15, 0.2) is 41.9 Å². The molecule has 19 heavy (non-hydrogen) atoms. The molecule has 0 fully saturated rings. The van der Waals surface area contributed by atoms with Gasteiger partial charge in [-0.2, -0.15) is 0 Å². The number of aliphatic hydroxyl groups excluding tert-OH is 1. The van der Waals surface area contributed by atoms with Gasteiger partial charge >= 0.3 is 0 Å². The zero-order valence-corrected chi connectivity index (χ0v) is 11.3. The highest BCUT2D eigenvalue weighted by Gasteiger charge is 2.12. The number of carbonyl (C=O) groups is 1. The summed E-state index contributed by atoms with van der Waals surface area (Å²) in [7, 11) is 0. The van der Waals surface area contributed by atoms with E-state index in [4.69, 9.17) is 0 Å². The highest BCUT2D eigenvalue weighted by molar-refractivity contribution is 7.12. The molecule has 5 heteroatoms. The van der Waals surface area contributed by atoms with Crippen molar-refractivity contribution in [2.75, 3.05) is 13.2 Å². The summed E-state index contributed by atoms with van der Waals surface area (Å²) in [6, 6.07) is 9.32. The number of pyridine rings is 1. The maximum Gasteiger partial charge on any atom is 0.261 e. The first kappa shape index (κ1) is 13.7. The molecule has 2 aromatic heterocycles. The van der Waals surface area contributed by atoms with Gasteiger partial charge in [0.2, 0.25) is 0 Å². The Morgan fingerprint density at radius 1 is 1.37 bits per heavy atom. The molecule has 0 saturated heterocycles. The van der Waals surface area contributed by atoms with Crippen LogP contribution >= 0.6 is 11.3 Å². The molecule has 2 N–H and O–H groups in total. The van der Waals surface area contributed by atoms with Crippen LogP contribution < -0.4 is 5.32 Å². The van der Waals surface area contributed by atoms with Gasteiger partial charge in [0.1, 0.15) is 0 Å². The van der Waals surface area contributed by atoms with E-state index in [1.165, 1.54) is 11.3 Å². The minimum absolute atomic E-state index is 0.0150. The van der Waals surface area contributed by atoms with Crippen molar-refractivity contribution in [2.45, 2.75) is 6.42 Å². The molecule has 2 heterocycles. The number of aliphatic hydroxyl groups is 1. The lowest BCUT2D eigenvalue weighted by atomic mass is 10.0. The molecule has 1 atom stereocenters. The third-order valence-electron chi connectivity index (χ3n) is 2.78. The van der Waals surface area contributed by atoms with E-state index >= 15 is 0 Å². The topological polar surface area (TPSA) is 62.2 Å². The number of rotatable bonds is 6. The Morgan fingerprint density at radius 2 is 2.26 bits per heavy atom. The summed E-state index contributed by atoms with van der Waals surface area (Å²) in [5.41, 5.74) is 0.923. The van der Waals surface area contributed by atoms with Gasteiger partial charge in [-0.1, -0.05) is 12.1 Å². The fourth-order valence-corrected chi connectivity index (χ4v) is 2.39. The Morgan fingerprint density at radius 3 is 2.89 bits per heavy atom. The number of hydrogen-bond donors (Lipinski definition) is 2. The first-order chi connectivity index (χ1) is 9.29. The second kappa shape index (κ2) is 7.01. The average molecular weight is 276 g/mol. The van der Waals surface area contributed by atoms with Gasteiger partial charge in [0.25, 0.3) is 5.91 Å². The van der Waals surface area contributed by atoms with Crippen LogP contribution in [0, 0.1) is 5.92 Å². The monoisotopic (exact) mass is 276 g/mol. The van der Waals surface area contributed by atoms with Crippen molar-refractivity contribution >= 4 is 17.2 Å². The fourth-order valence-electron chi connectivity index (χ4n) is 1.75. The molecule has 0 radical (unpaired) electrons. The molecule has 2 aromatic rings. The van der Waals surface area contributed by atoms with E-state index in [0.29, 0.717) is 17.8 Å². The number of thiophene rings is 1. The SMILES string of the molecule is O=C(NCC(CO)Cc1ccccn1)c1cccs1. The van der Waals surface area contributed by atoms with Gasteiger partial charge in [0.15, 0.2) is 0 Å². The molecular weight excluding hydrogens is 260 g/mol. The third-order valence-corrected chi connectivity index (χ3v) is 3.65. The molecule has 4 nitrogen and oxygen atoms in total. The van der Waals surface area contributed by atoms with Crippen LogP contribution in [0.1, 0.15) is 15.4 Å². The van der Waals surface area contributed by atoms with Gasteiger partial charge in [-0.3, -0.25) is 9.78 Å². The van der Waals surface area contributed by atoms with Crippen LogP contribution in [0.2, 0.25) is 0 Å². The number of nitrogens with one attached hydrogen (secondary N) is 1. The molecule has 0 aromatic carbocycles. The van der Waals surface area contributed by atoms with E-state index in [1.54, 1.807) is 12.3 Å². The normalized spacial score (nSPS) is 12.1. The molecule has 2 rings (SSSR count). The predicted octanol–water partition coefficient (Wildman–Crippen LogP) is 1.72. The molecule has 0 aliphatic heterocycles. The van der Waals surface area contributed by atoms with E-state index in [-0.39, 0.29) is 18.4 Å². The van der Waals surface area contributed by atoms with Gasteiger partial charge in [-0.25, -0.2) is 0 Å². The van der Waals surface area contributed by atoms with Crippen LogP contribution in [0.3, 0.4) is 0 Å². The van der Waals surface area contributed by atoms with E-state index in [0.717, 1.165) is 5.69 Å². The van der Waals surface area contributed by atoms with E-state index in [1.807, 2.05) is 29.6 Å². The van der Waals surface area contributed by atoms with E-state index in [2.05, 4.69) is 10.3 Å². The maximum absolute atomic E-state index is 11.8. The lowest BCUT2D eigenvalue weighted by Crippen LogP contribution is -2.31. The first-order valence-corrected chi connectivity index (χ1v) is 7.00. The lowest BCUT2D eigenvalue weighted by molar-refractivity contribution is 0.0944. The van der Waals surface area contributed by atoms with E-state index < -0.39 is 0 Å². The van der Waals surface area contributed by atoms with Crippen LogP contribution in [0.5, 0.6) is 0 Å². The highest BCUT2D eigenvalue weighted by atomic mass is 32.1. The van der Waals surface area contributed by atoms with E-state index in [9.17, 15) is 9.90 Å². The van der Waals surface area contributed by atoms with Crippen LogP contribution in [-0.2, 0) is 6.42 Å². The van der Waals surface area contributed by atoms with Crippen molar-refractivity contribution in [3.63, 3.8) is 0 Å². The molecule has 1 amide bonds. The van der Waals surface area contributed by atoms with Crippen LogP contribution in [-0.4, -0.2) is 29.1 Å². The molecule has 100 valence electrons. The largest absolute Gasteiger partial charge is 0.396 e. The Balaban J connectivity index is 1.84. The van der Waals surface area contributed by atoms with Crippen molar-refractivity contribution in [2.24, 2.45) is 5.92 Å². The Kier molecular flexibility index (Phi) is 5.06. The summed E-state index contributed by atoms with van der Waals surface area (Å²) in [6.07, 6.45) is 2.38. The molecular formula is C14H16N2O2S. The molecule has 1 unspecified atom stereocenters. The van der Waals surface area contributed by atoms with Crippen molar-refractivity contribution < 1.29 is 9.90 Å². The Hall–Kier alpha value is -1.72. The third kappa shape index (κ3) is 4.15. The number of amides is 1. The number of aromatic nitrogens is 1. The van der Waals surface area contributed by atoms with Gasteiger partial charge in [-0.15, -0.1) is 11.3 Å². The molecule has 0 spiro atoms. The highest BCUT2D eigenvalue weighted by Crippen LogP contribution is 2.09.